The second-order valence-corrected chi connectivity index (χ2v) is 2.15. The lowest BCUT2D eigenvalue weighted by Crippen LogP contribution is -2.50. The number of carbonyl (C=O) groups is 1. The maximum atomic E-state index is 9.82. The van der Waals surface area contributed by atoms with Crippen molar-refractivity contribution in [3.63, 3.8) is 0 Å². The molecule has 0 aromatic rings. The van der Waals surface area contributed by atoms with Gasteiger partial charge in [-0.05, 0) is 13.8 Å². The Labute approximate surface area is 47.7 Å². The Hall–Kier alpha value is -0.770. The molecule has 0 radical (unpaired) electrons. The van der Waals surface area contributed by atoms with Gasteiger partial charge in [0.15, 0.2) is 0 Å². The fraction of sp³-hybridized carbons (Fsp3) is 0.750. The van der Waals surface area contributed by atoms with Crippen molar-refractivity contribution in [1.82, 2.24) is 5.32 Å². The van der Waals surface area contributed by atoms with Gasteiger partial charge in [-0.2, -0.15) is 0 Å². The predicted octanol–water partition coefficient (Wildman–Crippen LogP) is -0.0512. The first-order valence-corrected chi connectivity index (χ1v) is 2.22. The normalized spacial score (nSPS) is 10.9. The highest BCUT2D eigenvalue weighted by atomic mass is 16.4. The molecular weight excluding hydrogens is 108 g/mol. The molecule has 0 aliphatic heterocycles. The van der Waals surface area contributed by atoms with Gasteiger partial charge in [0.2, 0.25) is 0 Å². The molecule has 0 unspecified atom stereocenters. The van der Waals surface area contributed by atoms with Gasteiger partial charge in [0, 0.05) is 0 Å². The lowest BCUT2D eigenvalue weighted by atomic mass is 10.3. The first-order valence-electron chi connectivity index (χ1n) is 2.22. The summed E-state index contributed by atoms with van der Waals surface area (Å²) in [6.07, 6.45) is -1.10. The molecule has 0 fully saturated rings. The Bertz CT molecular complexity index is 94.7. The van der Waals surface area contributed by atoms with Crippen LogP contribution in [0.5, 0.6) is 0 Å². The average Bonchev–Trinajstić information content (AvgIpc) is 1.21. The van der Waals surface area contributed by atoms with E-state index in [9.17, 15) is 4.79 Å². The van der Waals surface area contributed by atoms with Crippen molar-refractivity contribution in [3.05, 3.63) is 0 Å². The van der Waals surface area contributed by atoms with Crippen LogP contribution >= 0.6 is 0 Å². The summed E-state index contributed by atoms with van der Waals surface area (Å²) in [6.45, 7) is 3.14. The van der Waals surface area contributed by atoms with E-state index in [1.54, 1.807) is 13.8 Å². The molecule has 0 spiro atoms. The van der Waals surface area contributed by atoms with Crippen LogP contribution in [0.3, 0.4) is 0 Å². The summed E-state index contributed by atoms with van der Waals surface area (Å²) in [6, 6.07) is 0. The summed E-state index contributed by atoms with van der Waals surface area (Å²) in [7, 11) is 0. The minimum atomic E-state index is -1.10. The zero-order valence-electron chi connectivity index (χ0n) is 4.93. The van der Waals surface area contributed by atoms with E-state index >= 15 is 0 Å². The maximum Gasteiger partial charge on any atom is 0.406 e. The molecule has 0 saturated carbocycles. The molecule has 48 valence electrons. The Morgan fingerprint density at radius 1 is 1.75 bits per heavy atom. The number of rotatable bonds is 1. The number of nitrogens with one attached hydrogen (secondary N) is 1. The predicted molar refractivity (Wildman–Crippen MR) is 29.4 cm³/mol. The van der Waals surface area contributed by atoms with Crippen LogP contribution in [0.1, 0.15) is 13.8 Å². The van der Waals surface area contributed by atoms with Crippen LogP contribution in [-0.4, -0.2) is 16.9 Å². The van der Waals surface area contributed by atoms with E-state index in [0.29, 0.717) is 0 Å². The lowest BCUT2D eigenvalue weighted by Gasteiger charge is -2.17. The largest absolute Gasteiger partial charge is 0.465 e. The molecule has 1 amide bonds. The lowest BCUT2D eigenvalue weighted by molar-refractivity contribution is 0.183. The fourth-order valence-corrected chi connectivity index (χ4v) is 0.276. The first-order chi connectivity index (χ1) is 3.42. The molecule has 0 heterocycles. The molecule has 0 bridgehead atoms. The van der Waals surface area contributed by atoms with Gasteiger partial charge in [-0.15, -0.1) is 0 Å². The van der Waals surface area contributed by atoms with Crippen molar-refractivity contribution in [3.8, 4) is 0 Å². The van der Waals surface area contributed by atoms with Crippen LogP contribution in [0.15, 0.2) is 0 Å². The highest BCUT2D eigenvalue weighted by molar-refractivity contribution is 5.65. The zero-order valence-corrected chi connectivity index (χ0v) is 4.93. The molecule has 4 nitrogen and oxygen atoms in total. The van der Waals surface area contributed by atoms with Gasteiger partial charge < -0.3 is 16.2 Å². The van der Waals surface area contributed by atoms with Crippen LogP contribution in [-0.2, 0) is 0 Å². The highest BCUT2D eigenvalue weighted by Gasteiger charge is 2.11. The molecule has 0 aromatic heterocycles. The van der Waals surface area contributed by atoms with Crippen molar-refractivity contribution in [2.24, 2.45) is 5.73 Å². The van der Waals surface area contributed by atoms with Gasteiger partial charge in [-0.25, -0.2) is 4.79 Å². The minimum Gasteiger partial charge on any atom is -0.465 e. The summed E-state index contributed by atoms with van der Waals surface area (Å²) in [5, 5.41) is 10.1. The molecule has 0 saturated heterocycles. The second-order valence-electron chi connectivity index (χ2n) is 2.15. The third-order valence-corrected chi connectivity index (χ3v) is 0.429. The Kier molecular flexibility index (Phi) is 1.81. The number of amides is 1. The van der Waals surface area contributed by atoms with Crippen molar-refractivity contribution >= 4 is 6.09 Å². The topological polar surface area (TPSA) is 75.3 Å². The molecule has 0 aromatic carbocycles. The average molecular weight is 118 g/mol. The van der Waals surface area contributed by atoms with Crippen molar-refractivity contribution in [1.29, 1.82) is 0 Å². The number of hydrogen-bond acceptors (Lipinski definition) is 2. The van der Waals surface area contributed by atoms with E-state index in [4.69, 9.17) is 10.8 Å². The van der Waals surface area contributed by atoms with Crippen molar-refractivity contribution < 1.29 is 9.90 Å². The molecule has 0 atom stereocenters. The zero-order chi connectivity index (χ0) is 6.78. The van der Waals surface area contributed by atoms with E-state index < -0.39 is 11.8 Å². The quantitative estimate of drug-likeness (QED) is 0.422. The van der Waals surface area contributed by atoms with Gasteiger partial charge in [0.05, 0.1) is 5.66 Å². The SMILES string of the molecule is CC(C)(N)NC(=O)O. The van der Waals surface area contributed by atoms with Crippen LogP contribution in [0.4, 0.5) is 4.79 Å². The Morgan fingerprint density at radius 3 is 2.12 bits per heavy atom. The molecule has 0 aliphatic rings. The fourth-order valence-electron chi connectivity index (χ4n) is 0.276. The molecule has 0 aliphatic carbocycles. The number of nitrogens with two attached hydrogens (primary N) is 1. The van der Waals surface area contributed by atoms with Crippen LogP contribution < -0.4 is 11.1 Å². The smallest absolute Gasteiger partial charge is 0.406 e. The Balaban J connectivity index is 3.55. The van der Waals surface area contributed by atoms with Gasteiger partial charge in [0.1, 0.15) is 0 Å². The monoisotopic (exact) mass is 118 g/mol. The number of carboxylic acid groups (broad SMARTS) is 1. The van der Waals surface area contributed by atoms with Gasteiger partial charge in [-0.3, -0.25) is 0 Å². The summed E-state index contributed by atoms with van der Waals surface area (Å²) >= 11 is 0. The van der Waals surface area contributed by atoms with E-state index in [1.165, 1.54) is 0 Å². The van der Waals surface area contributed by atoms with Crippen LogP contribution in [0, 0.1) is 0 Å². The van der Waals surface area contributed by atoms with Gasteiger partial charge >= 0.3 is 6.09 Å². The van der Waals surface area contributed by atoms with E-state index in [-0.39, 0.29) is 0 Å². The van der Waals surface area contributed by atoms with Crippen molar-refractivity contribution in [2.45, 2.75) is 19.5 Å². The summed E-state index contributed by atoms with van der Waals surface area (Å²) in [5.74, 6) is 0. The molecule has 4 N–H and O–H groups in total. The molecule has 0 rings (SSSR count). The molecule has 8 heavy (non-hydrogen) atoms. The minimum absolute atomic E-state index is 0.828. The second kappa shape index (κ2) is 2.00. The van der Waals surface area contributed by atoms with Gasteiger partial charge in [0.25, 0.3) is 0 Å². The maximum absolute atomic E-state index is 9.82. The standard InChI is InChI=1S/C4H10N2O2/c1-4(2,5)6-3(7)8/h6H,5H2,1-2H3,(H,7,8). The van der Waals surface area contributed by atoms with Crippen molar-refractivity contribution in [2.75, 3.05) is 0 Å². The third-order valence-electron chi connectivity index (χ3n) is 0.429. The van der Waals surface area contributed by atoms with E-state index in [1.807, 2.05) is 0 Å². The van der Waals surface area contributed by atoms with Crippen LogP contribution in [0.2, 0.25) is 0 Å². The first kappa shape index (κ1) is 7.23. The number of hydrogen-bond donors (Lipinski definition) is 3. The van der Waals surface area contributed by atoms with E-state index in [2.05, 4.69) is 5.32 Å². The summed E-state index contributed by atoms with van der Waals surface area (Å²) in [4.78, 5) is 9.82. The van der Waals surface area contributed by atoms with Crippen LogP contribution in [0.25, 0.3) is 0 Å². The molecule has 4 heteroatoms. The van der Waals surface area contributed by atoms with Gasteiger partial charge in [-0.1, -0.05) is 0 Å². The third kappa shape index (κ3) is 5.23. The summed E-state index contributed by atoms with van der Waals surface area (Å²) in [5.41, 5.74) is 4.42. The van der Waals surface area contributed by atoms with E-state index in [0.717, 1.165) is 0 Å². The highest BCUT2D eigenvalue weighted by Crippen LogP contribution is 1.86. The summed E-state index contributed by atoms with van der Waals surface area (Å²) < 4.78 is 0. The molecular formula is C4H10N2O2. The Morgan fingerprint density at radius 2 is 2.12 bits per heavy atom.